The fourth-order valence-electron chi connectivity index (χ4n) is 5.43. The molecule has 1 amide bonds. The molecule has 0 radical (unpaired) electrons. The Hall–Kier alpha value is -3.83. The maximum Gasteiger partial charge on any atom is 0.303 e. The molecule has 0 aliphatic carbocycles. The molecule has 3 heterocycles. The highest BCUT2D eigenvalue weighted by molar-refractivity contribution is 5.73. The fraction of sp³-hybridized carbons (Fsp3) is 0.643. The van der Waals surface area contributed by atoms with Crippen molar-refractivity contribution in [2.75, 3.05) is 20.3 Å². The number of hydrogen-bond acceptors (Lipinski definition) is 14. The van der Waals surface area contributed by atoms with Gasteiger partial charge in [0.1, 0.15) is 43.1 Å². The summed E-state index contributed by atoms with van der Waals surface area (Å²) in [5, 5.41) is 6.52. The summed E-state index contributed by atoms with van der Waals surface area (Å²) < 4.78 is 52.5. The summed E-state index contributed by atoms with van der Waals surface area (Å²) in [6, 6.07) is 6.66. The fourth-order valence-corrected chi connectivity index (χ4v) is 5.43. The lowest BCUT2D eigenvalue weighted by Crippen LogP contribution is -2.69. The molecule has 4 rings (SSSR count). The highest BCUT2D eigenvalue weighted by Crippen LogP contribution is 2.38. The first-order chi connectivity index (χ1) is 21.5. The van der Waals surface area contributed by atoms with Crippen LogP contribution in [0.15, 0.2) is 35.4 Å². The Morgan fingerprint density at radius 2 is 1.62 bits per heavy atom. The third-order valence-corrected chi connectivity index (χ3v) is 7.16. The Bertz CT molecular complexity index is 1260. The molecule has 0 spiro atoms. The second-order valence-electron chi connectivity index (χ2n) is 10.5. The van der Waals surface area contributed by atoms with Gasteiger partial charge in [-0.05, 0) is 5.53 Å². The monoisotopic (exact) mass is 636 g/mol. The SMILES string of the molecule is CO[C@@H]1O[C@@H]2CO[C@H](c3ccccc3)O[C@@H]2[C@H](O[C@@H]2O[C@H](COC(C)=O)[C@@H](OC(C)=O)[C@H](OC(C)=O)[C@H]2NC(C)=O)[C@H]1N=[N+]=[N-]. The van der Waals surface area contributed by atoms with Gasteiger partial charge in [0.2, 0.25) is 5.91 Å². The first kappa shape index (κ1) is 34.1. The van der Waals surface area contributed by atoms with Crippen LogP contribution in [0.25, 0.3) is 10.4 Å². The molecule has 0 unspecified atom stereocenters. The van der Waals surface area contributed by atoms with Crippen molar-refractivity contribution in [3.8, 4) is 0 Å². The first-order valence-corrected chi connectivity index (χ1v) is 14.1. The van der Waals surface area contributed by atoms with Gasteiger partial charge in [-0.15, -0.1) is 0 Å². The van der Waals surface area contributed by atoms with E-state index in [1.54, 1.807) is 0 Å². The number of nitrogens with one attached hydrogen (secondary N) is 1. The van der Waals surface area contributed by atoms with Gasteiger partial charge >= 0.3 is 17.9 Å². The summed E-state index contributed by atoms with van der Waals surface area (Å²) in [6.07, 6.45) is -10.2. The lowest BCUT2D eigenvalue weighted by Gasteiger charge is -2.51. The van der Waals surface area contributed by atoms with Crippen molar-refractivity contribution in [1.82, 2.24) is 5.32 Å². The molecule has 3 aliphatic heterocycles. The number of ether oxygens (including phenoxy) is 9. The second kappa shape index (κ2) is 15.4. The molecule has 0 saturated carbocycles. The van der Waals surface area contributed by atoms with E-state index in [0.29, 0.717) is 5.56 Å². The molecule has 0 aromatic heterocycles. The van der Waals surface area contributed by atoms with E-state index in [0.717, 1.165) is 13.8 Å². The number of azide groups is 1. The van der Waals surface area contributed by atoms with E-state index in [1.165, 1.54) is 21.0 Å². The number of carbonyl (C=O) groups excluding carboxylic acids is 4. The van der Waals surface area contributed by atoms with Gasteiger partial charge in [-0.2, -0.15) is 0 Å². The van der Waals surface area contributed by atoms with Crippen LogP contribution >= 0.6 is 0 Å². The molecular weight excluding hydrogens is 600 g/mol. The number of hydrogen-bond donors (Lipinski definition) is 1. The highest BCUT2D eigenvalue weighted by Gasteiger charge is 2.56. The van der Waals surface area contributed by atoms with Gasteiger partial charge in [0.25, 0.3) is 0 Å². The molecule has 3 fully saturated rings. The number of nitrogens with zero attached hydrogens (tertiary/aromatic N) is 3. The standard InChI is InChI=1S/C28H36N4O13/c1-13(33)30-20-24(41-16(4)36)22(40-15(3)35)18(11-38-14(2)34)43-28(20)45-25-21(31-32-29)27(37-5)42-19-12-39-26(44-23(19)25)17-9-7-6-8-10-17/h6-10,18-28H,11-12H2,1-5H3,(H,30,33)/t18-,19-,20-,21-,22-,23+,24-,25-,26+,27-,28+/m1/s1. The van der Waals surface area contributed by atoms with Crippen LogP contribution in [0, 0.1) is 0 Å². The van der Waals surface area contributed by atoms with Crippen molar-refractivity contribution in [2.24, 2.45) is 5.11 Å². The molecular formula is C28H36N4O13. The van der Waals surface area contributed by atoms with Crippen LogP contribution in [0.1, 0.15) is 39.5 Å². The van der Waals surface area contributed by atoms with Crippen molar-refractivity contribution in [3.05, 3.63) is 46.3 Å². The molecule has 1 aromatic carbocycles. The predicted octanol–water partition coefficient (Wildman–Crippen LogP) is 1.19. The van der Waals surface area contributed by atoms with Gasteiger partial charge in [0, 0.05) is 45.3 Å². The van der Waals surface area contributed by atoms with E-state index in [1.807, 2.05) is 30.3 Å². The van der Waals surface area contributed by atoms with Crippen LogP contribution in [0.4, 0.5) is 0 Å². The van der Waals surface area contributed by atoms with E-state index in [4.69, 9.17) is 42.6 Å². The average molecular weight is 637 g/mol. The molecule has 3 saturated heterocycles. The molecule has 1 N–H and O–H groups in total. The summed E-state index contributed by atoms with van der Waals surface area (Å²) in [5.41, 5.74) is 10.2. The van der Waals surface area contributed by atoms with Crippen molar-refractivity contribution in [2.45, 2.75) is 95.3 Å². The smallest absolute Gasteiger partial charge is 0.303 e. The van der Waals surface area contributed by atoms with Crippen LogP contribution in [0.2, 0.25) is 0 Å². The van der Waals surface area contributed by atoms with Crippen molar-refractivity contribution in [3.63, 3.8) is 0 Å². The Morgan fingerprint density at radius 1 is 0.933 bits per heavy atom. The predicted molar refractivity (Wildman–Crippen MR) is 147 cm³/mol. The van der Waals surface area contributed by atoms with Gasteiger partial charge in [-0.25, -0.2) is 0 Å². The Balaban J connectivity index is 1.75. The molecule has 0 bridgehead atoms. The molecule has 3 aliphatic rings. The number of amides is 1. The van der Waals surface area contributed by atoms with Crippen LogP contribution in [-0.2, 0) is 61.8 Å². The number of fused-ring (bicyclic) bond motifs is 1. The Kier molecular flexibility index (Phi) is 11.7. The summed E-state index contributed by atoms with van der Waals surface area (Å²) in [7, 11) is 1.35. The van der Waals surface area contributed by atoms with Crippen molar-refractivity contribution in [1.29, 1.82) is 0 Å². The van der Waals surface area contributed by atoms with Gasteiger partial charge in [-0.3, -0.25) is 19.2 Å². The minimum atomic E-state index is -1.47. The maximum atomic E-state index is 12.4. The average Bonchev–Trinajstić information content (AvgIpc) is 2.99. The summed E-state index contributed by atoms with van der Waals surface area (Å²) in [5.74, 6) is -2.75. The zero-order valence-electron chi connectivity index (χ0n) is 25.3. The van der Waals surface area contributed by atoms with Crippen LogP contribution < -0.4 is 5.32 Å². The zero-order valence-corrected chi connectivity index (χ0v) is 25.3. The molecule has 17 nitrogen and oxygen atoms in total. The zero-order chi connectivity index (χ0) is 32.7. The lowest BCUT2D eigenvalue weighted by atomic mass is 9.93. The minimum Gasteiger partial charge on any atom is -0.463 e. The van der Waals surface area contributed by atoms with E-state index < -0.39 is 98.0 Å². The van der Waals surface area contributed by atoms with Crippen LogP contribution in [0.3, 0.4) is 0 Å². The highest BCUT2D eigenvalue weighted by atomic mass is 16.8. The first-order valence-electron chi connectivity index (χ1n) is 14.1. The second-order valence-corrected chi connectivity index (χ2v) is 10.5. The van der Waals surface area contributed by atoms with Crippen LogP contribution in [0.5, 0.6) is 0 Å². The molecule has 45 heavy (non-hydrogen) atoms. The molecule has 246 valence electrons. The van der Waals surface area contributed by atoms with E-state index in [-0.39, 0.29) is 6.61 Å². The van der Waals surface area contributed by atoms with Crippen LogP contribution in [-0.4, -0.2) is 105 Å². The minimum absolute atomic E-state index is 0.0489. The van der Waals surface area contributed by atoms with E-state index in [9.17, 15) is 24.7 Å². The largest absolute Gasteiger partial charge is 0.463 e. The Morgan fingerprint density at radius 3 is 2.22 bits per heavy atom. The topological polar surface area (TPSA) is 212 Å². The summed E-state index contributed by atoms with van der Waals surface area (Å²) >= 11 is 0. The number of carbonyl (C=O) groups is 4. The van der Waals surface area contributed by atoms with Gasteiger partial charge in [0.05, 0.1) is 6.61 Å². The van der Waals surface area contributed by atoms with Gasteiger partial charge in [-0.1, -0.05) is 35.4 Å². The number of esters is 3. The molecule has 17 heteroatoms. The van der Waals surface area contributed by atoms with Gasteiger partial charge < -0.3 is 47.9 Å². The Labute approximate surface area is 258 Å². The van der Waals surface area contributed by atoms with Gasteiger partial charge in [0.15, 0.2) is 31.1 Å². The third kappa shape index (κ3) is 8.46. The summed E-state index contributed by atoms with van der Waals surface area (Å²) in [4.78, 5) is 51.4. The quantitative estimate of drug-likeness (QED) is 0.126. The van der Waals surface area contributed by atoms with Crippen molar-refractivity contribution < 1.29 is 61.8 Å². The number of benzene rings is 1. The van der Waals surface area contributed by atoms with Crippen molar-refractivity contribution >= 4 is 23.8 Å². The summed E-state index contributed by atoms with van der Waals surface area (Å²) in [6.45, 7) is 4.27. The molecule has 1 aromatic rings. The number of rotatable bonds is 10. The lowest BCUT2D eigenvalue weighted by molar-refractivity contribution is -0.366. The third-order valence-electron chi connectivity index (χ3n) is 7.16. The normalized spacial score (nSPS) is 34.3. The maximum absolute atomic E-state index is 12.4. The van der Waals surface area contributed by atoms with E-state index in [2.05, 4.69) is 15.3 Å². The van der Waals surface area contributed by atoms with E-state index >= 15 is 0 Å². The number of methoxy groups -OCH3 is 1. The molecule has 11 atom stereocenters.